The van der Waals surface area contributed by atoms with E-state index in [1.165, 1.54) is 18.2 Å². The molecule has 2 aliphatic heterocycles. The first-order valence-corrected chi connectivity index (χ1v) is 15.4. The second-order valence-corrected chi connectivity index (χ2v) is 11.9. The number of rotatable bonds is 10. The number of nitrogens with one attached hydrogen (secondary N) is 1. The van der Waals surface area contributed by atoms with Crippen molar-refractivity contribution in [2.75, 3.05) is 32.5 Å². The van der Waals surface area contributed by atoms with Crippen LogP contribution in [0.1, 0.15) is 68.6 Å². The maximum absolute atomic E-state index is 14.2. The van der Waals surface area contributed by atoms with Crippen LogP contribution in [0.15, 0.2) is 107 Å². The molecule has 7 nitrogen and oxygen atoms in total. The van der Waals surface area contributed by atoms with Gasteiger partial charge in [0.25, 0.3) is 0 Å². The lowest BCUT2D eigenvalue weighted by atomic mass is 9.80. The summed E-state index contributed by atoms with van der Waals surface area (Å²) in [5.41, 5.74) is 11.5. The molecule has 0 bridgehead atoms. The lowest BCUT2D eigenvalue weighted by Crippen LogP contribution is -2.40. The van der Waals surface area contributed by atoms with Crippen molar-refractivity contribution in [2.24, 2.45) is 0 Å². The monoisotopic (exact) mass is 593 g/mol. The van der Waals surface area contributed by atoms with Crippen LogP contribution in [0.2, 0.25) is 0 Å². The number of allylic oxidation sites excluding steroid dienone is 2. The van der Waals surface area contributed by atoms with Crippen molar-refractivity contribution in [2.45, 2.75) is 57.5 Å². The van der Waals surface area contributed by atoms with Gasteiger partial charge in [0.1, 0.15) is 5.60 Å². The van der Waals surface area contributed by atoms with Crippen LogP contribution in [0, 0.1) is 0 Å². The van der Waals surface area contributed by atoms with Crippen LogP contribution in [-0.2, 0) is 19.1 Å². The molecular formula is C37H43N3O4. The Labute approximate surface area is 260 Å². The van der Waals surface area contributed by atoms with Crippen LogP contribution in [0.4, 0.5) is 5.69 Å². The van der Waals surface area contributed by atoms with E-state index in [-0.39, 0.29) is 5.92 Å². The van der Waals surface area contributed by atoms with Gasteiger partial charge in [0.05, 0.1) is 24.2 Å². The highest BCUT2D eigenvalue weighted by molar-refractivity contribution is 6.00. The number of anilines is 1. The zero-order valence-corrected chi connectivity index (χ0v) is 26.1. The van der Waals surface area contributed by atoms with Gasteiger partial charge in [-0.3, -0.25) is 4.90 Å². The van der Waals surface area contributed by atoms with E-state index in [1.54, 1.807) is 12.1 Å². The van der Waals surface area contributed by atoms with Gasteiger partial charge in [0, 0.05) is 42.5 Å². The Balaban J connectivity index is 1.35. The summed E-state index contributed by atoms with van der Waals surface area (Å²) < 4.78 is 11.6. The van der Waals surface area contributed by atoms with Crippen LogP contribution in [0.25, 0.3) is 0 Å². The Bertz CT molecular complexity index is 1510. The SMILES string of the molecule is CCC1(OC(=O)C2=C(C)NC(C)=C(C(=O)OC)C2c2cccc(N)c2)CCN(CCC(c2ccccc2)c2ccccc2)C1. The van der Waals surface area contributed by atoms with Gasteiger partial charge >= 0.3 is 11.9 Å². The molecule has 0 amide bonds. The molecule has 7 heteroatoms. The summed E-state index contributed by atoms with van der Waals surface area (Å²) in [5.74, 6) is -1.30. The maximum Gasteiger partial charge on any atom is 0.337 e. The summed E-state index contributed by atoms with van der Waals surface area (Å²) in [4.78, 5) is 29.6. The van der Waals surface area contributed by atoms with Gasteiger partial charge < -0.3 is 20.5 Å². The molecule has 0 aromatic heterocycles. The zero-order valence-electron chi connectivity index (χ0n) is 26.1. The molecule has 0 aliphatic carbocycles. The molecule has 2 unspecified atom stereocenters. The molecular weight excluding hydrogens is 550 g/mol. The van der Waals surface area contributed by atoms with E-state index in [4.69, 9.17) is 15.2 Å². The number of ether oxygens (including phenoxy) is 2. The molecule has 0 saturated carbocycles. The van der Waals surface area contributed by atoms with Crippen LogP contribution in [-0.4, -0.2) is 49.2 Å². The average Bonchev–Trinajstić information content (AvgIpc) is 3.44. The standard InChI is InChI=1S/C37H43N3O4/c1-5-37(20-22-40(24-37)21-19-31(27-13-8-6-9-14-27)28-15-10-7-11-16-28)44-36(42)33-26(3)39-25(2)32(35(41)43-4)34(33)29-17-12-18-30(38)23-29/h6-18,23,31,34,39H,5,19-22,24,38H2,1-4H3. The number of nitrogens with zero attached hydrogens (tertiary/aromatic N) is 1. The Morgan fingerprint density at radius 2 is 1.55 bits per heavy atom. The van der Waals surface area contributed by atoms with E-state index in [0.29, 0.717) is 41.2 Å². The molecule has 3 aromatic carbocycles. The Morgan fingerprint density at radius 3 is 2.11 bits per heavy atom. The van der Waals surface area contributed by atoms with Crippen molar-refractivity contribution in [3.05, 3.63) is 124 Å². The highest BCUT2D eigenvalue weighted by Gasteiger charge is 2.44. The van der Waals surface area contributed by atoms with Crippen molar-refractivity contribution >= 4 is 17.6 Å². The largest absolute Gasteiger partial charge is 0.466 e. The molecule has 2 atom stereocenters. The number of dihydropyridines is 1. The van der Waals surface area contributed by atoms with E-state index in [9.17, 15) is 9.59 Å². The summed E-state index contributed by atoms with van der Waals surface area (Å²) in [7, 11) is 1.35. The quantitative estimate of drug-likeness (QED) is 0.211. The third-order valence-electron chi connectivity index (χ3n) is 9.12. The van der Waals surface area contributed by atoms with Gasteiger partial charge in [-0.2, -0.15) is 0 Å². The third-order valence-corrected chi connectivity index (χ3v) is 9.12. The lowest BCUT2D eigenvalue weighted by molar-refractivity contribution is -0.154. The first-order valence-electron chi connectivity index (χ1n) is 15.4. The number of likely N-dealkylation sites (tertiary alicyclic amines) is 1. The molecule has 1 saturated heterocycles. The molecule has 0 radical (unpaired) electrons. The van der Waals surface area contributed by atoms with Crippen molar-refractivity contribution in [3.8, 4) is 0 Å². The average molecular weight is 594 g/mol. The van der Waals surface area contributed by atoms with Crippen molar-refractivity contribution < 1.29 is 19.1 Å². The Kier molecular flexibility index (Phi) is 9.55. The lowest BCUT2D eigenvalue weighted by Gasteiger charge is -2.34. The molecule has 3 N–H and O–H groups in total. The maximum atomic E-state index is 14.2. The van der Waals surface area contributed by atoms with E-state index in [2.05, 4.69) is 77.8 Å². The van der Waals surface area contributed by atoms with Crippen LogP contribution < -0.4 is 11.1 Å². The first kappa shape index (κ1) is 31.1. The number of carbonyl (C=O) groups excluding carboxylic acids is 2. The minimum atomic E-state index is -0.663. The molecule has 230 valence electrons. The summed E-state index contributed by atoms with van der Waals surface area (Å²) in [6, 6.07) is 28.6. The molecule has 44 heavy (non-hydrogen) atoms. The summed E-state index contributed by atoms with van der Waals surface area (Å²) in [5, 5.41) is 3.23. The van der Waals surface area contributed by atoms with Crippen molar-refractivity contribution in [1.82, 2.24) is 10.2 Å². The van der Waals surface area contributed by atoms with Crippen LogP contribution >= 0.6 is 0 Å². The highest BCUT2D eigenvalue weighted by atomic mass is 16.6. The molecule has 0 spiro atoms. The summed E-state index contributed by atoms with van der Waals surface area (Å²) in [6.45, 7) is 8.13. The van der Waals surface area contributed by atoms with Gasteiger partial charge in [-0.1, -0.05) is 79.7 Å². The van der Waals surface area contributed by atoms with E-state index in [0.717, 1.165) is 31.5 Å². The molecule has 3 aromatic rings. The number of benzene rings is 3. The van der Waals surface area contributed by atoms with E-state index in [1.807, 2.05) is 26.0 Å². The number of methoxy groups -OCH3 is 1. The predicted octanol–water partition coefficient (Wildman–Crippen LogP) is 6.30. The van der Waals surface area contributed by atoms with Crippen LogP contribution in [0.3, 0.4) is 0 Å². The van der Waals surface area contributed by atoms with Gasteiger partial charge in [-0.05, 0) is 62.1 Å². The predicted molar refractivity (Wildman–Crippen MR) is 174 cm³/mol. The minimum absolute atomic E-state index is 0.281. The first-order chi connectivity index (χ1) is 21.2. The van der Waals surface area contributed by atoms with Crippen molar-refractivity contribution in [1.29, 1.82) is 0 Å². The number of hydrogen-bond donors (Lipinski definition) is 2. The topological polar surface area (TPSA) is 93.9 Å². The summed E-state index contributed by atoms with van der Waals surface area (Å²) >= 11 is 0. The summed E-state index contributed by atoms with van der Waals surface area (Å²) in [6.07, 6.45) is 2.40. The highest BCUT2D eigenvalue weighted by Crippen LogP contribution is 2.41. The minimum Gasteiger partial charge on any atom is -0.466 e. The van der Waals surface area contributed by atoms with Gasteiger partial charge in [0.15, 0.2) is 0 Å². The zero-order chi connectivity index (χ0) is 31.3. The number of esters is 2. The Hall–Kier alpha value is -4.36. The third kappa shape index (κ3) is 6.58. The number of nitrogens with two attached hydrogens (primary N) is 1. The van der Waals surface area contributed by atoms with Gasteiger partial charge in [0.2, 0.25) is 0 Å². The normalized spacial score (nSPS) is 20.5. The van der Waals surface area contributed by atoms with E-state index >= 15 is 0 Å². The van der Waals surface area contributed by atoms with E-state index < -0.39 is 23.5 Å². The number of hydrogen-bond acceptors (Lipinski definition) is 7. The smallest absolute Gasteiger partial charge is 0.337 e. The number of nitrogen functional groups attached to an aromatic ring is 1. The van der Waals surface area contributed by atoms with Crippen LogP contribution in [0.5, 0.6) is 0 Å². The Morgan fingerprint density at radius 1 is 0.932 bits per heavy atom. The van der Waals surface area contributed by atoms with Gasteiger partial charge in [-0.15, -0.1) is 0 Å². The molecule has 2 aliphatic rings. The fraction of sp³-hybridized carbons (Fsp3) is 0.351. The van der Waals surface area contributed by atoms with Gasteiger partial charge in [-0.25, -0.2) is 9.59 Å². The molecule has 5 rings (SSSR count). The second-order valence-electron chi connectivity index (χ2n) is 11.9. The molecule has 2 heterocycles. The second kappa shape index (κ2) is 13.5. The van der Waals surface area contributed by atoms with Crippen molar-refractivity contribution in [3.63, 3.8) is 0 Å². The number of carbonyl (C=O) groups is 2. The fourth-order valence-corrected chi connectivity index (χ4v) is 6.74. The molecule has 1 fully saturated rings. The fourth-order valence-electron chi connectivity index (χ4n) is 6.74.